The molecule has 8 rings (SSSR count). The number of halogens is 1. The predicted octanol–water partition coefficient (Wildman–Crippen LogP) is 4.10. The van der Waals surface area contributed by atoms with Crippen LogP contribution in [0.5, 0.6) is 5.75 Å². The number of amides is 6. The number of carbonyl (C=O) groups is 8. The molecule has 6 heterocycles. The van der Waals surface area contributed by atoms with Gasteiger partial charge in [-0.15, -0.1) is 16.8 Å². The molecule has 6 amide bonds. The van der Waals surface area contributed by atoms with Gasteiger partial charge >= 0.3 is 18.0 Å². The van der Waals surface area contributed by atoms with Gasteiger partial charge in [-0.3, -0.25) is 39.0 Å². The minimum absolute atomic E-state index is 0.00448. The summed E-state index contributed by atoms with van der Waals surface area (Å²) in [5.41, 5.74) is -1.01. The standard InChI is InChI=1S/C48H61ClN4O16S/c1-27-7-6-8-36(64-5)48(62)25-33(66-46(61)50-48)34-24-47(2,68-34)37(23-40(56)51(3)31-20-29(19-27)21-32(63-4)43(31)49)67-42(58)15-16-65-17-18-70-35-22-41(57)52(44(35)59)26-28-9-11-30(12-10-28)45(60)69-53-38(54)13-14-39(53)55/h6-8,20-21,28,30,33-37,62H,9-19,22-26H2,1-5H3,(H,50,61)/b8-6+,27-7+/t28?,30?,33-,34+,35?,36+,37-,47+,48-/m0/s1. The number of methoxy groups -OCH3 is 2. The zero-order chi connectivity index (χ0) is 50.5. The van der Waals surface area contributed by atoms with Gasteiger partial charge in [-0.2, -0.15) is 0 Å². The maximum absolute atomic E-state index is 14.1. The van der Waals surface area contributed by atoms with E-state index in [9.17, 15) is 43.5 Å². The minimum atomic E-state index is -1.86. The van der Waals surface area contributed by atoms with Crippen molar-refractivity contribution in [3.05, 3.63) is 46.5 Å². The quantitative estimate of drug-likeness (QED) is 0.151. The monoisotopic (exact) mass is 1020 g/mol. The number of imide groups is 2. The highest BCUT2D eigenvalue weighted by atomic mass is 35.5. The van der Waals surface area contributed by atoms with Crippen molar-refractivity contribution in [2.75, 3.05) is 51.7 Å². The number of hydroxylamine groups is 2. The second-order valence-electron chi connectivity index (χ2n) is 18.8. The molecule has 20 nitrogen and oxygen atoms in total. The van der Waals surface area contributed by atoms with Crippen LogP contribution in [0.1, 0.15) is 90.0 Å². The number of nitrogens with zero attached hydrogens (tertiary/aromatic N) is 3. The summed E-state index contributed by atoms with van der Waals surface area (Å²) in [6, 6.07) is 3.56. The fraction of sp³-hybridized carbons (Fsp3) is 0.625. The van der Waals surface area contributed by atoms with Crippen LogP contribution in [0.25, 0.3) is 0 Å². The van der Waals surface area contributed by atoms with Crippen LogP contribution in [0.15, 0.2) is 35.9 Å². The maximum atomic E-state index is 14.1. The number of hydrogen-bond donors (Lipinski definition) is 2. The van der Waals surface area contributed by atoms with Gasteiger partial charge in [-0.05, 0) is 69.6 Å². The Labute approximate surface area is 414 Å². The largest absolute Gasteiger partial charge is 0.495 e. The van der Waals surface area contributed by atoms with Crippen LogP contribution in [0.3, 0.4) is 0 Å². The molecule has 1 aliphatic carbocycles. The highest BCUT2D eigenvalue weighted by molar-refractivity contribution is 8.00. The molecule has 7 aliphatic rings. The number of hydrogen-bond acceptors (Lipinski definition) is 17. The van der Waals surface area contributed by atoms with Crippen LogP contribution < -0.4 is 15.0 Å². The van der Waals surface area contributed by atoms with E-state index in [1.165, 1.54) is 35.8 Å². The summed E-state index contributed by atoms with van der Waals surface area (Å²) in [7, 11) is 4.45. The van der Waals surface area contributed by atoms with E-state index < -0.39 is 82.7 Å². The first-order valence-corrected chi connectivity index (χ1v) is 24.9. The van der Waals surface area contributed by atoms with E-state index in [1.54, 1.807) is 38.3 Å². The number of esters is 1. The SMILES string of the molecule is COc1cc2cc(c1Cl)N(C)C(=O)C[C@H](OC(=O)CCOCCSC1CC(=O)N(CC3CCC(C(=O)ON4C(=O)CCC4=O)CC3)C1=O)[C@@]1(C)C[C@@H](O1)[C@@H]1C[C@@](O)(NC(=O)O1)[C@H](OC)/C=C/C=C(\C)C2. The molecule has 6 aliphatic heterocycles. The van der Waals surface area contributed by atoms with Gasteiger partial charge < -0.3 is 43.3 Å². The summed E-state index contributed by atoms with van der Waals surface area (Å²) >= 11 is 8.05. The topological polar surface area (TPSA) is 243 Å². The Morgan fingerprint density at radius 2 is 1.67 bits per heavy atom. The lowest BCUT2D eigenvalue weighted by Crippen LogP contribution is -2.68. The molecule has 70 heavy (non-hydrogen) atoms. The van der Waals surface area contributed by atoms with Crippen molar-refractivity contribution >= 4 is 76.6 Å². The number of alkyl carbamates (subject to hydrolysis) is 1. The number of likely N-dealkylation sites (tertiary alicyclic amines) is 1. The Morgan fingerprint density at radius 3 is 2.36 bits per heavy atom. The highest BCUT2D eigenvalue weighted by Gasteiger charge is 2.57. The molecule has 2 N–H and O–H groups in total. The lowest BCUT2D eigenvalue weighted by Gasteiger charge is -2.53. The molecule has 0 aromatic heterocycles. The number of nitrogens with one attached hydrogen (secondary N) is 1. The summed E-state index contributed by atoms with van der Waals surface area (Å²) < 4.78 is 34.9. The van der Waals surface area contributed by atoms with E-state index in [-0.39, 0.29) is 87.5 Å². The summed E-state index contributed by atoms with van der Waals surface area (Å²) in [6.07, 6.45) is 2.71. The average Bonchev–Trinajstić information content (AvgIpc) is 3.77. The zero-order valence-electron chi connectivity index (χ0n) is 39.9. The fourth-order valence-electron chi connectivity index (χ4n) is 9.73. The number of allylic oxidation sites excluding steroid dienone is 3. The Kier molecular flexibility index (Phi) is 17.0. The van der Waals surface area contributed by atoms with Gasteiger partial charge in [0.25, 0.3) is 11.8 Å². The van der Waals surface area contributed by atoms with Gasteiger partial charge in [0.2, 0.25) is 17.7 Å². The number of benzene rings is 1. The molecule has 7 atom stereocenters. The van der Waals surface area contributed by atoms with Gasteiger partial charge in [0.15, 0.2) is 5.72 Å². The van der Waals surface area contributed by atoms with E-state index in [0.717, 1.165) is 11.1 Å². The maximum Gasteiger partial charge on any atom is 0.409 e. The van der Waals surface area contributed by atoms with Gasteiger partial charge in [0.05, 0.1) is 56.1 Å². The van der Waals surface area contributed by atoms with Crippen molar-refractivity contribution in [1.29, 1.82) is 0 Å². The molecule has 0 radical (unpaired) electrons. The van der Waals surface area contributed by atoms with E-state index in [2.05, 4.69) is 5.32 Å². The summed E-state index contributed by atoms with van der Waals surface area (Å²) in [6.45, 7) is 3.96. The molecular weight excluding hydrogens is 956 g/mol. The molecule has 1 aromatic rings. The van der Waals surface area contributed by atoms with E-state index in [4.69, 9.17) is 44.9 Å². The lowest BCUT2D eigenvalue weighted by atomic mass is 9.79. The normalized spacial score (nSPS) is 31.9. The molecule has 6 bridgehead atoms. The van der Waals surface area contributed by atoms with Crippen molar-refractivity contribution in [3.63, 3.8) is 0 Å². The molecular formula is C48H61ClN4O16S. The van der Waals surface area contributed by atoms with Crippen LogP contribution in [0.2, 0.25) is 5.02 Å². The molecule has 1 aromatic carbocycles. The van der Waals surface area contributed by atoms with Crippen LogP contribution in [-0.2, 0) is 68.5 Å². The number of fused-ring (bicyclic) bond motifs is 6. The van der Waals surface area contributed by atoms with Crippen LogP contribution in [-0.4, -0.2) is 150 Å². The molecule has 22 heteroatoms. The molecule has 0 spiro atoms. The van der Waals surface area contributed by atoms with Crippen LogP contribution in [0, 0.1) is 11.8 Å². The molecule has 5 fully saturated rings. The van der Waals surface area contributed by atoms with Crippen molar-refractivity contribution in [3.8, 4) is 5.75 Å². The second-order valence-corrected chi connectivity index (χ2v) is 20.5. The summed E-state index contributed by atoms with van der Waals surface area (Å²) in [5.74, 6) is -3.16. The second kappa shape index (κ2) is 22.6. The smallest absolute Gasteiger partial charge is 0.409 e. The van der Waals surface area contributed by atoms with Crippen LogP contribution in [0.4, 0.5) is 10.5 Å². The first-order chi connectivity index (χ1) is 33.3. The number of ether oxygens (including phenoxy) is 6. The van der Waals surface area contributed by atoms with Gasteiger partial charge in [0.1, 0.15) is 34.7 Å². The Bertz CT molecular complexity index is 2260. The predicted molar refractivity (Wildman–Crippen MR) is 250 cm³/mol. The average molecular weight is 1020 g/mol. The van der Waals surface area contributed by atoms with Crippen molar-refractivity contribution in [2.45, 2.75) is 132 Å². The number of aliphatic hydroxyl groups is 1. The number of carbonyl (C=O) groups excluding carboxylic acids is 8. The minimum Gasteiger partial charge on any atom is -0.495 e. The Morgan fingerprint density at radius 1 is 0.957 bits per heavy atom. The van der Waals surface area contributed by atoms with Gasteiger partial charge in [0, 0.05) is 58.6 Å². The Balaban J connectivity index is 0.921. The molecule has 382 valence electrons. The first-order valence-electron chi connectivity index (χ1n) is 23.5. The zero-order valence-corrected chi connectivity index (χ0v) is 41.5. The summed E-state index contributed by atoms with van der Waals surface area (Å²) in [5, 5.41) is 14.3. The third-order valence-electron chi connectivity index (χ3n) is 13.8. The fourth-order valence-corrected chi connectivity index (χ4v) is 11.1. The highest BCUT2D eigenvalue weighted by Crippen LogP contribution is 2.44. The third-order valence-corrected chi connectivity index (χ3v) is 15.3. The van der Waals surface area contributed by atoms with E-state index in [0.29, 0.717) is 54.4 Å². The summed E-state index contributed by atoms with van der Waals surface area (Å²) in [4.78, 5) is 111. The molecule has 4 saturated heterocycles. The van der Waals surface area contributed by atoms with E-state index in [1.807, 2.05) is 13.0 Å². The number of rotatable bonds is 14. The number of anilines is 1. The van der Waals surface area contributed by atoms with Crippen LogP contribution >= 0.6 is 23.4 Å². The Hall–Kier alpha value is -5.06. The van der Waals surface area contributed by atoms with Gasteiger partial charge in [-0.25, -0.2) is 9.59 Å². The lowest BCUT2D eigenvalue weighted by molar-refractivity contribution is -0.280. The van der Waals surface area contributed by atoms with E-state index >= 15 is 0 Å². The molecule has 1 saturated carbocycles. The van der Waals surface area contributed by atoms with Gasteiger partial charge in [-0.1, -0.05) is 35.4 Å². The van der Waals surface area contributed by atoms with Crippen molar-refractivity contribution < 1.29 is 76.7 Å². The van der Waals surface area contributed by atoms with Crippen molar-refractivity contribution in [2.24, 2.45) is 11.8 Å². The molecule has 1 unspecified atom stereocenters. The third kappa shape index (κ3) is 12.2. The number of thioether (sulfide) groups is 1. The van der Waals surface area contributed by atoms with Crippen molar-refractivity contribution in [1.82, 2.24) is 15.3 Å². The first kappa shape index (κ1) is 52.8.